The Balaban J connectivity index is 1.65. The Morgan fingerprint density at radius 2 is 1.71 bits per heavy atom. The Hall–Kier alpha value is -2.82. The Labute approximate surface area is 197 Å². The van der Waals surface area contributed by atoms with Gasteiger partial charge in [0, 0.05) is 12.8 Å². The maximum absolute atomic E-state index is 12.1. The highest BCUT2D eigenvalue weighted by molar-refractivity contribution is 5.73. The van der Waals surface area contributed by atoms with Gasteiger partial charge in [0.25, 0.3) is 0 Å². The Kier molecular flexibility index (Phi) is 7.30. The number of aliphatic carboxylic acids is 1. The minimum Gasteiger partial charge on any atom is -0.481 e. The van der Waals surface area contributed by atoms with Crippen LogP contribution in [0.25, 0.3) is 0 Å². The van der Waals surface area contributed by atoms with Crippen molar-refractivity contribution in [1.29, 1.82) is 0 Å². The summed E-state index contributed by atoms with van der Waals surface area (Å²) in [5.74, 6) is -2.22. The highest BCUT2D eigenvalue weighted by Crippen LogP contribution is 2.54. The molecule has 0 aromatic heterocycles. The number of aliphatic hydroxyl groups is 2. The molecule has 4 N–H and O–H groups in total. The Morgan fingerprint density at radius 1 is 1.06 bits per heavy atom. The molecule has 9 heteroatoms. The lowest BCUT2D eigenvalue weighted by Crippen LogP contribution is -2.82. The summed E-state index contributed by atoms with van der Waals surface area (Å²) < 4.78 is 17.9. The second-order valence-corrected chi connectivity index (χ2v) is 8.65. The van der Waals surface area contributed by atoms with Crippen molar-refractivity contribution in [3.8, 4) is 0 Å². The lowest BCUT2D eigenvalue weighted by atomic mass is 9.56. The van der Waals surface area contributed by atoms with Crippen LogP contribution in [-0.4, -0.2) is 70.0 Å². The van der Waals surface area contributed by atoms with E-state index in [4.69, 9.17) is 19.3 Å². The van der Waals surface area contributed by atoms with Crippen molar-refractivity contribution in [2.24, 2.45) is 0 Å². The predicted molar refractivity (Wildman–Crippen MR) is 120 cm³/mol. The molecular formula is C25H29NO8. The third-order valence-electron chi connectivity index (χ3n) is 6.36. The number of amides is 1. The topological polar surface area (TPSA) is 135 Å². The monoisotopic (exact) mass is 471 g/mol. The van der Waals surface area contributed by atoms with Gasteiger partial charge in [-0.25, -0.2) is 0 Å². The number of aliphatic hydroxyl groups excluding tert-OH is 1. The number of fused-ring (bicyclic) bond motifs is 1. The highest BCUT2D eigenvalue weighted by Gasteiger charge is 2.72. The van der Waals surface area contributed by atoms with Crippen LogP contribution in [0.15, 0.2) is 60.7 Å². The summed E-state index contributed by atoms with van der Waals surface area (Å²) >= 11 is 0. The summed E-state index contributed by atoms with van der Waals surface area (Å²) in [6.07, 6.45) is -4.55. The van der Waals surface area contributed by atoms with Gasteiger partial charge < -0.3 is 34.8 Å². The fraction of sp³-hybridized carbons (Fsp3) is 0.440. The van der Waals surface area contributed by atoms with Crippen molar-refractivity contribution in [3.05, 3.63) is 71.8 Å². The molecule has 1 heterocycles. The standard InChI is InChI=1S/C25H29NO8/c1-15(27)26-20-22(32-13-12-18(28)29)25(31)19(17-10-6-3-7-11-17)21(30)23(25)34-24(20)33-14-16-8-4-2-5-9-16/h2-11,19-24,30-31H,12-14H2,1H3,(H,26,27)(H,28,29)/t19?,20-,21?,22-,23-,24+,25+/m1/s1. The fourth-order valence-electron chi connectivity index (χ4n) is 4.88. The first-order valence-corrected chi connectivity index (χ1v) is 11.2. The van der Waals surface area contributed by atoms with Crippen LogP contribution in [0.4, 0.5) is 0 Å². The lowest BCUT2D eigenvalue weighted by Gasteiger charge is -2.63. The highest BCUT2D eigenvalue weighted by atomic mass is 16.7. The molecule has 1 aliphatic carbocycles. The molecule has 182 valence electrons. The minimum absolute atomic E-state index is 0.160. The van der Waals surface area contributed by atoms with Gasteiger partial charge in [-0.1, -0.05) is 60.7 Å². The second kappa shape index (κ2) is 10.2. The first kappa shape index (κ1) is 24.3. The molecule has 9 nitrogen and oxygen atoms in total. The summed E-state index contributed by atoms with van der Waals surface area (Å²) in [5.41, 5.74) is -0.179. The van der Waals surface area contributed by atoms with Crippen LogP contribution in [0.1, 0.15) is 30.4 Å². The molecule has 1 saturated carbocycles. The predicted octanol–water partition coefficient (Wildman–Crippen LogP) is 1.18. The maximum atomic E-state index is 12.1. The molecule has 1 saturated heterocycles. The number of carboxylic acid groups (broad SMARTS) is 1. The third kappa shape index (κ3) is 4.70. The largest absolute Gasteiger partial charge is 0.481 e. The van der Waals surface area contributed by atoms with Crippen LogP contribution in [0.2, 0.25) is 0 Å². The zero-order valence-electron chi connectivity index (χ0n) is 18.7. The van der Waals surface area contributed by atoms with Gasteiger partial charge in [-0.3, -0.25) is 9.59 Å². The molecule has 2 unspecified atom stereocenters. The molecule has 0 bridgehead atoms. The first-order chi connectivity index (χ1) is 16.3. The number of carboxylic acids is 1. The number of benzene rings is 2. The fourth-order valence-corrected chi connectivity index (χ4v) is 4.88. The summed E-state index contributed by atoms with van der Waals surface area (Å²) in [6.45, 7) is 1.28. The first-order valence-electron chi connectivity index (χ1n) is 11.2. The molecule has 2 aliphatic rings. The van der Waals surface area contributed by atoms with E-state index in [9.17, 15) is 19.8 Å². The number of rotatable bonds is 9. The Bertz CT molecular complexity index is 987. The summed E-state index contributed by atoms with van der Waals surface area (Å²) in [7, 11) is 0. The van der Waals surface area contributed by atoms with Gasteiger partial charge in [-0.15, -0.1) is 0 Å². The molecule has 1 aliphatic heterocycles. The van der Waals surface area contributed by atoms with Gasteiger partial charge in [-0.05, 0) is 11.1 Å². The lowest BCUT2D eigenvalue weighted by molar-refractivity contribution is -0.374. The summed E-state index contributed by atoms with van der Waals surface area (Å²) in [5, 5.41) is 34.6. The van der Waals surface area contributed by atoms with Gasteiger partial charge in [0.1, 0.15) is 23.9 Å². The Morgan fingerprint density at radius 3 is 2.32 bits per heavy atom. The molecular weight excluding hydrogens is 442 g/mol. The molecule has 0 radical (unpaired) electrons. The van der Waals surface area contributed by atoms with Crippen molar-refractivity contribution < 1.29 is 39.1 Å². The molecule has 34 heavy (non-hydrogen) atoms. The van der Waals surface area contributed by atoms with Crippen molar-refractivity contribution in [1.82, 2.24) is 5.32 Å². The average molecular weight is 472 g/mol. The number of carbonyl (C=O) groups is 2. The van der Waals surface area contributed by atoms with E-state index in [-0.39, 0.29) is 19.6 Å². The van der Waals surface area contributed by atoms with Crippen molar-refractivity contribution >= 4 is 11.9 Å². The van der Waals surface area contributed by atoms with E-state index in [2.05, 4.69) is 5.32 Å². The molecule has 2 aromatic carbocycles. The SMILES string of the molecule is CC(=O)N[C@H]1[C@@H](OCc2ccccc2)O[C@@H]2C(O)C(c3ccccc3)[C@]2(O)[C@@H]1OCCC(=O)O. The number of hydrogen-bond acceptors (Lipinski definition) is 7. The number of carbonyl (C=O) groups excluding carboxylic acids is 1. The molecule has 0 spiro atoms. The zero-order valence-corrected chi connectivity index (χ0v) is 18.7. The molecule has 7 atom stereocenters. The van der Waals surface area contributed by atoms with Crippen LogP contribution in [0.3, 0.4) is 0 Å². The van der Waals surface area contributed by atoms with Crippen molar-refractivity contribution in [2.45, 2.75) is 62.1 Å². The summed E-state index contributed by atoms with van der Waals surface area (Å²) in [6, 6.07) is 17.4. The van der Waals surface area contributed by atoms with E-state index in [1.54, 1.807) is 24.3 Å². The minimum atomic E-state index is -1.72. The van der Waals surface area contributed by atoms with E-state index >= 15 is 0 Å². The molecule has 2 aromatic rings. The average Bonchev–Trinajstić information content (AvgIpc) is 2.81. The number of hydrogen-bond donors (Lipinski definition) is 4. The van der Waals surface area contributed by atoms with Gasteiger partial charge in [0.2, 0.25) is 5.91 Å². The molecule has 1 amide bonds. The van der Waals surface area contributed by atoms with Gasteiger partial charge in [-0.2, -0.15) is 0 Å². The van der Waals surface area contributed by atoms with Crippen LogP contribution >= 0.6 is 0 Å². The zero-order chi connectivity index (χ0) is 24.3. The van der Waals surface area contributed by atoms with Gasteiger partial charge in [0.05, 0.1) is 25.7 Å². The smallest absolute Gasteiger partial charge is 0.305 e. The van der Waals surface area contributed by atoms with Crippen LogP contribution in [0.5, 0.6) is 0 Å². The molecule has 4 rings (SSSR count). The van der Waals surface area contributed by atoms with Gasteiger partial charge >= 0.3 is 5.97 Å². The summed E-state index contributed by atoms with van der Waals surface area (Å²) in [4.78, 5) is 23.2. The normalized spacial score (nSPS) is 32.3. The van der Waals surface area contributed by atoms with Crippen LogP contribution in [-0.2, 0) is 30.4 Å². The van der Waals surface area contributed by atoms with Crippen LogP contribution < -0.4 is 5.32 Å². The number of nitrogens with one attached hydrogen (secondary N) is 1. The van der Waals surface area contributed by atoms with Gasteiger partial charge in [0.15, 0.2) is 6.29 Å². The quantitative estimate of drug-likeness (QED) is 0.428. The van der Waals surface area contributed by atoms with E-state index in [0.29, 0.717) is 5.56 Å². The van der Waals surface area contributed by atoms with E-state index in [1.807, 2.05) is 36.4 Å². The van der Waals surface area contributed by atoms with Crippen LogP contribution in [0, 0.1) is 0 Å². The van der Waals surface area contributed by atoms with E-state index < -0.39 is 54.0 Å². The maximum Gasteiger partial charge on any atom is 0.305 e. The van der Waals surface area contributed by atoms with Crippen molar-refractivity contribution in [3.63, 3.8) is 0 Å². The van der Waals surface area contributed by atoms with E-state index in [0.717, 1.165) is 5.56 Å². The van der Waals surface area contributed by atoms with E-state index in [1.165, 1.54) is 6.92 Å². The van der Waals surface area contributed by atoms with Crippen molar-refractivity contribution in [2.75, 3.05) is 6.61 Å². The molecule has 2 fully saturated rings. The number of ether oxygens (including phenoxy) is 3. The third-order valence-corrected chi connectivity index (χ3v) is 6.36. The second-order valence-electron chi connectivity index (χ2n) is 8.65.